The largest absolute Gasteiger partial charge is 0.357 e. The van der Waals surface area contributed by atoms with Gasteiger partial charge >= 0.3 is 0 Å². The minimum Gasteiger partial charge on any atom is -0.357 e. The van der Waals surface area contributed by atoms with Crippen molar-refractivity contribution in [3.05, 3.63) is 29.6 Å². The number of nitrogens with zero attached hydrogens (tertiary/aromatic N) is 2. The van der Waals surface area contributed by atoms with Crippen molar-refractivity contribution in [3.8, 4) is 0 Å². The quantitative estimate of drug-likeness (QED) is 0.597. The van der Waals surface area contributed by atoms with Gasteiger partial charge in [-0.2, -0.15) is 0 Å². The molecule has 1 atom stereocenters. The summed E-state index contributed by atoms with van der Waals surface area (Å²) >= 11 is 2.48. The van der Waals surface area contributed by atoms with Crippen LogP contribution in [0.25, 0.3) is 0 Å². The molecule has 1 fully saturated rings. The van der Waals surface area contributed by atoms with Gasteiger partial charge in [-0.3, -0.25) is 4.79 Å². The Hall–Kier alpha value is -1.81. The molecule has 1 aliphatic carbocycles. The van der Waals surface area contributed by atoms with E-state index in [1.807, 2.05) is 0 Å². The Bertz CT molecular complexity index is 766. The molecule has 5 nitrogen and oxygen atoms in total. The third kappa shape index (κ3) is 3.99. The lowest BCUT2D eigenvalue weighted by Crippen LogP contribution is -2.23. The number of nitrogens with one attached hydrogen (secondary N) is 2. The van der Waals surface area contributed by atoms with Crippen molar-refractivity contribution < 1.29 is 18.0 Å². The lowest BCUT2D eigenvalue weighted by molar-refractivity contribution is -0.115. The van der Waals surface area contributed by atoms with Crippen LogP contribution in [-0.4, -0.2) is 27.4 Å². The number of hydrogen-bond donors (Lipinski definition) is 2. The highest BCUT2D eigenvalue weighted by atomic mass is 32.2. The van der Waals surface area contributed by atoms with Crippen LogP contribution in [0.15, 0.2) is 16.5 Å². The van der Waals surface area contributed by atoms with Gasteiger partial charge < -0.3 is 10.6 Å². The predicted octanol–water partition coefficient (Wildman–Crippen LogP) is 3.65. The van der Waals surface area contributed by atoms with Gasteiger partial charge in [0.25, 0.3) is 0 Å². The SMILES string of the molecule is C[C@@H](Sc1nnc(NC2CC2)s1)C(=O)Nc1ccc(F)c(F)c1F. The summed E-state index contributed by atoms with van der Waals surface area (Å²) in [6, 6.07) is 2.19. The van der Waals surface area contributed by atoms with E-state index >= 15 is 0 Å². The monoisotopic (exact) mass is 374 g/mol. The number of hydrogen-bond acceptors (Lipinski definition) is 6. The summed E-state index contributed by atoms with van der Waals surface area (Å²) in [5.74, 6) is -4.89. The normalized spacial score (nSPS) is 15.2. The molecule has 1 aromatic carbocycles. The van der Waals surface area contributed by atoms with Crippen LogP contribution in [0.4, 0.5) is 24.0 Å². The van der Waals surface area contributed by atoms with Gasteiger partial charge in [-0.05, 0) is 31.9 Å². The standard InChI is InChI=1S/C14H13F3N4OS2/c1-6(23-14-21-20-13(24-14)18-7-2-3-7)12(22)19-9-5-4-8(15)10(16)11(9)17/h4-7H,2-3H2,1H3,(H,18,20)(H,19,22)/t6-/m1/s1. The third-order valence-corrected chi connectivity index (χ3v) is 5.29. The average Bonchev–Trinajstić information content (AvgIpc) is 3.26. The second-order valence-corrected chi connectivity index (χ2v) is 7.83. The molecule has 3 rings (SSSR count). The van der Waals surface area contributed by atoms with E-state index in [9.17, 15) is 18.0 Å². The van der Waals surface area contributed by atoms with Gasteiger partial charge in [0.15, 0.2) is 21.8 Å². The molecule has 1 amide bonds. The molecule has 0 saturated heterocycles. The Kier molecular flexibility index (Phi) is 4.95. The van der Waals surface area contributed by atoms with Crippen LogP contribution in [-0.2, 0) is 4.79 Å². The molecular formula is C14H13F3N4OS2. The predicted molar refractivity (Wildman–Crippen MR) is 86.8 cm³/mol. The highest BCUT2D eigenvalue weighted by Gasteiger charge is 2.24. The summed E-state index contributed by atoms with van der Waals surface area (Å²) in [6.45, 7) is 1.60. The first-order valence-electron chi connectivity index (χ1n) is 7.15. The number of amides is 1. The van der Waals surface area contributed by atoms with E-state index in [0.29, 0.717) is 15.5 Å². The first kappa shape index (κ1) is 17.0. The van der Waals surface area contributed by atoms with Gasteiger partial charge in [-0.25, -0.2) is 13.2 Å². The Labute approximate surface area is 144 Å². The average molecular weight is 374 g/mol. The van der Waals surface area contributed by atoms with Crippen molar-refractivity contribution in [2.75, 3.05) is 10.6 Å². The minimum absolute atomic E-state index is 0.403. The third-order valence-electron chi connectivity index (χ3n) is 3.25. The second-order valence-electron chi connectivity index (χ2n) is 5.26. The number of benzene rings is 1. The van der Waals surface area contributed by atoms with Crippen molar-refractivity contribution in [2.45, 2.75) is 35.4 Å². The zero-order valence-corrected chi connectivity index (χ0v) is 14.1. The van der Waals surface area contributed by atoms with E-state index in [2.05, 4.69) is 20.8 Å². The van der Waals surface area contributed by atoms with E-state index in [1.54, 1.807) is 6.92 Å². The van der Waals surface area contributed by atoms with Gasteiger partial charge in [-0.1, -0.05) is 23.1 Å². The van der Waals surface area contributed by atoms with E-state index in [4.69, 9.17) is 0 Å². The molecule has 1 aromatic heterocycles. The highest BCUT2D eigenvalue weighted by molar-refractivity contribution is 8.02. The van der Waals surface area contributed by atoms with E-state index in [1.165, 1.54) is 11.3 Å². The van der Waals surface area contributed by atoms with Crippen LogP contribution in [0.5, 0.6) is 0 Å². The maximum Gasteiger partial charge on any atom is 0.237 e. The molecule has 0 unspecified atom stereocenters. The summed E-state index contributed by atoms with van der Waals surface area (Å²) in [5.41, 5.74) is -0.403. The second kappa shape index (κ2) is 6.98. The number of aromatic nitrogens is 2. The number of thioether (sulfide) groups is 1. The Morgan fingerprint density at radius 2 is 2.04 bits per heavy atom. The first-order chi connectivity index (χ1) is 11.4. The summed E-state index contributed by atoms with van der Waals surface area (Å²) in [4.78, 5) is 12.1. The fourth-order valence-electron chi connectivity index (χ4n) is 1.78. The van der Waals surface area contributed by atoms with Crippen LogP contribution < -0.4 is 10.6 Å². The van der Waals surface area contributed by atoms with Gasteiger partial charge in [0.2, 0.25) is 11.0 Å². The van der Waals surface area contributed by atoms with Crippen LogP contribution in [0.2, 0.25) is 0 Å². The summed E-state index contributed by atoms with van der Waals surface area (Å²) < 4.78 is 40.2. The molecule has 1 saturated carbocycles. The molecule has 1 heterocycles. The van der Waals surface area contributed by atoms with Crippen molar-refractivity contribution in [1.82, 2.24) is 10.2 Å². The molecule has 0 bridgehead atoms. The first-order valence-corrected chi connectivity index (χ1v) is 8.84. The molecule has 2 N–H and O–H groups in total. The maximum atomic E-state index is 13.6. The topological polar surface area (TPSA) is 66.9 Å². The zero-order chi connectivity index (χ0) is 17.3. The molecule has 0 radical (unpaired) electrons. The summed E-state index contributed by atoms with van der Waals surface area (Å²) in [7, 11) is 0. The molecular weight excluding hydrogens is 361 g/mol. The molecule has 10 heteroatoms. The molecule has 0 aliphatic heterocycles. The summed E-state index contributed by atoms with van der Waals surface area (Å²) in [5, 5.41) is 13.5. The van der Waals surface area contributed by atoms with Crippen molar-refractivity contribution in [1.29, 1.82) is 0 Å². The smallest absolute Gasteiger partial charge is 0.237 e. The van der Waals surface area contributed by atoms with Gasteiger partial charge in [-0.15, -0.1) is 10.2 Å². The Balaban J connectivity index is 1.60. The fourth-order valence-corrected chi connectivity index (χ4v) is 3.75. The number of carbonyl (C=O) groups excluding carboxylic acids is 1. The van der Waals surface area contributed by atoms with E-state index < -0.39 is 34.3 Å². The van der Waals surface area contributed by atoms with Gasteiger partial charge in [0.05, 0.1) is 10.9 Å². The van der Waals surface area contributed by atoms with Crippen LogP contribution in [0.1, 0.15) is 19.8 Å². The number of halogens is 3. The molecule has 128 valence electrons. The minimum atomic E-state index is -1.62. The molecule has 0 spiro atoms. The maximum absolute atomic E-state index is 13.6. The Morgan fingerprint density at radius 3 is 2.75 bits per heavy atom. The lowest BCUT2D eigenvalue weighted by atomic mass is 10.2. The molecule has 1 aliphatic rings. The van der Waals surface area contributed by atoms with Crippen LogP contribution in [0, 0.1) is 17.5 Å². The van der Waals surface area contributed by atoms with Gasteiger partial charge in [0.1, 0.15) is 0 Å². The molecule has 2 aromatic rings. The number of rotatable bonds is 6. The fraction of sp³-hybridized carbons (Fsp3) is 0.357. The van der Waals surface area contributed by atoms with Crippen molar-refractivity contribution >= 4 is 39.8 Å². The van der Waals surface area contributed by atoms with Crippen LogP contribution in [0.3, 0.4) is 0 Å². The van der Waals surface area contributed by atoms with Gasteiger partial charge in [0, 0.05) is 6.04 Å². The van der Waals surface area contributed by atoms with Crippen LogP contribution >= 0.6 is 23.1 Å². The lowest BCUT2D eigenvalue weighted by Gasteiger charge is -2.11. The van der Waals surface area contributed by atoms with E-state index in [-0.39, 0.29) is 0 Å². The zero-order valence-electron chi connectivity index (χ0n) is 12.5. The Morgan fingerprint density at radius 1 is 1.29 bits per heavy atom. The highest BCUT2D eigenvalue weighted by Crippen LogP contribution is 2.32. The van der Waals surface area contributed by atoms with Crippen molar-refractivity contribution in [3.63, 3.8) is 0 Å². The molecule has 24 heavy (non-hydrogen) atoms. The van der Waals surface area contributed by atoms with Crippen molar-refractivity contribution in [2.24, 2.45) is 0 Å². The number of carbonyl (C=O) groups is 1. The van der Waals surface area contributed by atoms with E-state index in [0.717, 1.165) is 36.7 Å². The summed E-state index contributed by atoms with van der Waals surface area (Å²) in [6.07, 6.45) is 2.22. The number of anilines is 2.